The van der Waals surface area contributed by atoms with Gasteiger partial charge in [0.15, 0.2) is 17.1 Å². The number of carbonyl (C=O) groups is 2. The number of ether oxygens (including phenoxy) is 1. The molecule has 3 rings (SSSR count). The molecule has 0 aliphatic carbocycles. The Morgan fingerprint density at radius 2 is 1.88 bits per heavy atom. The van der Waals surface area contributed by atoms with Gasteiger partial charge < -0.3 is 19.9 Å². The number of carbonyl (C=O) groups excluding carboxylic acids is 2. The number of nitrogens with zero attached hydrogens (tertiary/aromatic N) is 3. The Bertz CT molecular complexity index is 1100. The third kappa shape index (κ3) is 6.79. The van der Waals surface area contributed by atoms with E-state index in [-0.39, 0.29) is 29.8 Å². The number of aryl methyl sites for hydroxylation is 1. The van der Waals surface area contributed by atoms with E-state index in [2.05, 4.69) is 27.8 Å². The van der Waals surface area contributed by atoms with Crippen molar-refractivity contribution in [2.75, 3.05) is 11.1 Å². The maximum absolute atomic E-state index is 13.6. The lowest BCUT2D eigenvalue weighted by Gasteiger charge is -2.15. The molecule has 1 aromatic heterocycles. The van der Waals surface area contributed by atoms with Crippen LogP contribution in [0.15, 0.2) is 53.7 Å². The monoisotopic (exact) mass is 471 g/mol. The van der Waals surface area contributed by atoms with Gasteiger partial charge in [-0.25, -0.2) is 4.39 Å². The quantitative estimate of drug-likeness (QED) is 0.440. The zero-order valence-corrected chi connectivity index (χ0v) is 19.5. The Hall–Kier alpha value is -3.40. The molecule has 2 N–H and O–H groups in total. The zero-order chi connectivity index (χ0) is 23.8. The van der Waals surface area contributed by atoms with E-state index in [0.29, 0.717) is 16.7 Å². The Morgan fingerprint density at radius 3 is 2.58 bits per heavy atom. The van der Waals surface area contributed by atoms with Crippen molar-refractivity contribution in [1.82, 2.24) is 20.1 Å². The summed E-state index contributed by atoms with van der Waals surface area (Å²) in [5.74, 6) is 0.0512. The SMILES string of the molecule is CCc1ccc(O[C@@H](C)C(=O)NCc2nnc(SCC(=O)Nc3ccccc3F)n2C)cc1. The molecule has 0 saturated carbocycles. The second-order valence-electron chi connectivity index (χ2n) is 7.25. The predicted molar refractivity (Wildman–Crippen MR) is 125 cm³/mol. The Labute approximate surface area is 195 Å². The second-order valence-corrected chi connectivity index (χ2v) is 8.19. The molecule has 2 amide bonds. The summed E-state index contributed by atoms with van der Waals surface area (Å²) in [5.41, 5.74) is 1.32. The molecule has 0 unspecified atom stereocenters. The molecule has 1 atom stereocenters. The minimum absolute atomic E-state index is 0.0361. The first-order chi connectivity index (χ1) is 15.9. The van der Waals surface area contributed by atoms with E-state index in [1.165, 1.54) is 17.7 Å². The van der Waals surface area contributed by atoms with Crippen LogP contribution in [0.1, 0.15) is 25.2 Å². The maximum Gasteiger partial charge on any atom is 0.261 e. The minimum Gasteiger partial charge on any atom is -0.481 e. The first-order valence-corrected chi connectivity index (χ1v) is 11.4. The number of benzene rings is 2. The number of nitrogens with one attached hydrogen (secondary N) is 2. The number of rotatable bonds is 10. The van der Waals surface area contributed by atoms with Gasteiger partial charge in [-0.3, -0.25) is 9.59 Å². The van der Waals surface area contributed by atoms with Gasteiger partial charge in [0.1, 0.15) is 11.6 Å². The van der Waals surface area contributed by atoms with Crippen LogP contribution in [0.5, 0.6) is 5.75 Å². The van der Waals surface area contributed by atoms with E-state index in [9.17, 15) is 14.0 Å². The molecule has 8 nitrogen and oxygen atoms in total. The Balaban J connectivity index is 1.47. The number of aromatic nitrogens is 3. The van der Waals surface area contributed by atoms with Gasteiger partial charge in [-0.1, -0.05) is 43.0 Å². The molecule has 0 saturated heterocycles. The van der Waals surface area contributed by atoms with E-state index >= 15 is 0 Å². The van der Waals surface area contributed by atoms with Crippen LogP contribution in [-0.4, -0.2) is 38.4 Å². The van der Waals surface area contributed by atoms with Crippen molar-refractivity contribution in [3.63, 3.8) is 0 Å². The molecule has 3 aromatic rings. The first kappa shape index (κ1) is 24.2. The van der Waals surface area contributed by atoms with Gasteiger partial charge in [0, 0.05) is 7.05 Å². The van der Waals surface area contributed by atoms with Crippen LogP contribution in [0, 0.1) is 5.82 Å². The number of hydrogen-bond donors (Lipinski definition) is 2. The highest BCUT2D eigenvalue weighted by Gasteiger charge is 2.17. The number of thioether (sulfide) groups is 1. The highest BCUT2D eigenvalue weighted by Crippen LogP contribution is 2.18. The van der Waals surface area contributed by atoms with Gasteiger partial charge in [0.05, 0.1) is 18.0 Å². The molecule has 0 radical (unpaired) electrons. The molecule has 1 heterocycles. The average Bonchev–Trinajstić information content (AvgIpc) is 3.17. The molecule has 174 valence electrons. The topological polar surface area (TPSA) is 98.1 Å². The van der Waals surface area contributed by atoms with Crippen molar-refractivity contribution in [3.8, 4) is 5.75 Å². The fraction of sp³-hybridized carbons (Fsp3) is 0.304. The zero-order valence-electron chi connectivity index (χ0n) is 18.7. The van der Waals surface area contributed by atoms with E-state index in [1.807, 2.05) is 24.3 Å². The lowest BCUT2D eigenvalue weighted by Crippen LogP contribution is -2.36. The molecule has 33 heavy (non-hydrogen) atoms. The van der Waals surface area contributed by atoms with Crippen LogP contribution in [0.2, 0.25) is 0 Å². The van der Waals surface area contributed by atoms with Crippen LogP contribution < -0.4 is 15.4 Å². The predicted octanol–water partition coefficient (Wildman–Crippen LogP) is 3.33. The van der Waals surface area contributed by atoms with Crippen molar-refractivity contribution >= 4 is 29.3 Å². The molecule has 2 aromatic carbocycles. The Kier molecular flexibility index (Phi) is 8.42. The van der Waals surface area contributed by atoms with Crippen molar-refractivity contribution in [1.29, 1.82) is 0 Å². The molecular formula is C23H26FN5O3S. The summed E-state index contributed by atoms with van der Waals surface area (Å²) in [4.78, 5) is 24.5. The number of anilines is 1. The fourth-order valence-corrected chi connectivity index (χ4v) is 3.60. The van der Waals surface area contributed by atoms with Crippen molar-refractivity contribution in [3.05, 3.63) is 65.7 Å². The summed E-state index contributed by atoms with van der Waals surface area (Å²) in [6.45, 7) is 3.91. The van der Waals surface area contributed by atoms with E-state index in [0.717, 1.165) is 18.2 Å². The molecule has 0 aliphatic rings. The molecule has 0 spiro atoms. The molecule has 10 heteroatoms. The fourth-order valence-electron chi connectivity index (χ4n) is 2.87. The lowest BCUT2D eigenvalue weighted by atomic mass is 10.2. The first-order valence-electron chi connectivity index (χ1n) is 10.5. The van der Waals surface area contributed by atoms with Gasteiger partial charge in [0.2, 0.25) is 5.91 Å². The molecular weight excluding hydrogens is 445 g/mol. The number of amides is 2. The number of hydrogen-bond acceptors (Lipinski definition) is 6. The summed E-state index contributed by atoms with van der Waals surface area (Å²) < 4.78 is 21.0. The van der Waals surface area contributed by atoms with Crippen LogP contribution >= 0.6 is 11.8 Å². The van der Waals surface area contributed by atoms with Crippen LogP contribution in [0.3, 0.4) is 0 Å². The van der Waals surface area contributed by atoms with E-state index < -0.39 is 11.9 Å². The third-order valence-electron chi connectivity index (χ3n) is 4.84. The summed E-state index contributed by atoms with van der Waals surface area (Å²) >= 11 is 1.16. The van der Waals surface area contributed by atoms with Gasteiger partial charge in [-0.2, -0.15) is 0 Å². The minimum atomic E-state index is -0.679. The van der Waals surface area contributed by atoms with Crippen LogP contribution in [0.25, 0.3) is 0 Å². The third-order valence-corrected chi connectivity index (χ3v) is 5.86. The summed E-state index contributed by atoms with van der Waals surface area (Å²) in [5, 5.41) is 13.9. The second kappa shape index (κ2) is 11.5. The van der Waals surface area contributed by atoms with Gasteiger partial charge >= 0.3 is 0 Å². The number of halogens is 1. The highest BCUT2D eigenvalue weighted by atomic mass is 32.2. The standard InChI is InChI=1S/C23H26FN5O3S/c1-4-16-9-11-17(12-10-16)32-15(2)22(31)25-13-20-27-28-23(29(20)3)33-14-21(30)26-19-8-6-5-7-18(19)24/h5-12,15H,4,13-14H2,1-3H3,(H,25,31)(H,26,30)/t15-/m0/s1. The van der Waals surface area contributed by atoms with E-state index in [1.54, 1.807) is 30.7 Å². The molecule has 0 fully saturated rings. The van der Waals surface area contributed by atoms with Crippen molar-refractivity contribution < 1.29 is 18.7 Å². The van der Waals surface area contributed by atoms with Gasteiger partial charge in [-0.15, -0.1) is 10.2 Å². The van der Waals surface area contributed by atoms with Gasteiger partial charge in [-0.05, 0) is 43.2 Å². The van der Waals surface area contributed by atoms with Crippen molar-refractivity contribution in [2.24, 2.45) is 7.05 Å². The summed E-state index contributed by atoms with van der Waals surface area (Å²) in [6, 6.07) is 13.6. The smallest absolute Gasteiger partial charge is 0.261 e. The molecule has 0 bridgehead atoms. The van der Waals surface area contributed by atoms with Crippen LogP contribution in [-0.2, 0) is 29.6 Å². The maximum atomic E-state index is 13.6. The highest BCUT2D eigenvalue weighted by molar-refractivity contribution is 7.99. The van der Waals surface area contributed by atoms with Crippen LogP contribution in [0.4, 0.5) is 10.1 Å². The molecule has 0 aliphatic heterocycles. The van der Waals surface area contributed by atoms with E-state index in [4.69, 9.17) is 4.74 Å². The average molecular weight is 472 g/mol. The lowest BCUT2D eigenvalue weighted by molar-refractivity contribution is -0.127. The van der Waals surface area contributed by atoms with Crippen molar-refractivity contribution in [2.45, 2.75) is 38.1 Å². The largest absolute Gasteiger partial charge is 0.481 e. The summed E-state index contributed by atoms with van der Waals surface area (Å²) in [7, 11) is 1.74. The van der Waals surface area contributed by atoms with Gasteiger partial charge in [0.25, 0.3) is 5.91 Å². The Morgan fingerprint density at radius 1 is 1.15 bits per heavy atom. The normalized spacial score (nSPS) is 11.6. The summed E-state index contributed by atoms with van der Waals surface area (Å²) in [6.07, 6.45) is 0.256. The number of para-hydroxylation sites is 1.